The van der Waals surface area contributed by atoms with Crippen molar-refractivity contribution >= 4 is 34.8 Å². The lowest BCUT2D eigenvalue weighted by Gasteiger charge is -2.27. The molecule has 1 aromatic carbocycles. The smallest absolute Gasteiger partial charge is 0.223 e. The van der Waals surface area contributed by atoms with E-state index in [1.807, 2.05) is 17.9 Å². The van der Waals surface area contributed by atoms with Crippen molar-refractivity contribution in [3.8, 4) is 0 Å². The highest BCUT2D eigenvalue weighted by molar-refractivity contribution is 6.42. The molecule has 0 fully saturated rings. The molecule has 0 N–H and O–H groups in total. The van der Waals surface area contributed by atoms with Crippen LogP contribution in [0.1, 0.15) is 46.1 Å². The third-order valence-electron chi connectivity index (χ3n) is 3.83. The minimum absolute atomic E-state index is 0.0250. The van der Waals surface area contributed by atoms with E-state index in [1.165, 1.54) is 0 Å². The zero-order chi connectivity index (χ0) is 17.9. The Hall–Kier alpha value is -1.26. The first-order valence-corrected chi connectivity index (χ1v) is 8.91. The van der Waals surface area contributed by atoms with E-state index >= 15 is 0 Å². The number of hydrogen-bond acceptors (Lipinski definition) is 3. The van der Waals surface area contributed by atoms with Crippen LogP contribution in [0.3, 0.4) is 0 Å². The zero-order valence-corrected chi connectivity index (χ0v) is 16.1. The average molecular weight is 371 g/mol. The molecule has 1 heterocycles. The molecule has 1 aliphatic rings. The van der Waals surface area contributed by atoms with Gasteiger partial charge in [0.2, 0.25) is 5.91 Å². The van der Waals surface area contributed by atoms with Gasteiger partial charge in [0, 0.05) is 24.9 Å². The van der Waals surface area contributed by atoms with Gasteiger partial charge in [-0.05, 0) is 24.5 Å². The van der Waals surface area contributed by atoms with Gasteiger partial charge in [-0.25, -0.2) is 0 Å². The molecule has 1 aromatic rings. The monoisotopic (exact) mass is 370 g/mol. The van der Waals surface area contributed by atoms with Crippen LogP contribution in [0.25, 0.3) is 0 Å². The molecule has 1 aliphatic heterocycles. The molecule has 132 valence electrons. The molecule has 0 saturated heterocycles. The van der Waals surface area contributed by atoms with Crippen LogP contribution in [0.5, 0.6) is 0 Å². The van der Waals surface area contributed by atoms with Crippen LogP contribution in [0.4, 0.5) is 0 Å². The first-order chi connectivity index (χ1) is 11.2. The number of nitrogens with zero attached hydrogens (tertiary/aromatic N) is 2. The quantitative estimate of drug-likeness (QED) is 0.748. The van der Waals surface area contributed by atoms with Gasteiger partial charge in [0.05, 0.1) is 22.3 Å². The molecule has 2 rings (SSSR count). The number of benzene rings is 1. The van der Waals surface area contributed by atoms with Gasteiger partial charge in [0.15, 0.2) is 6.10 Å². The van der Waals surface area contributed by atoms with Crippen molar-refractivity contribution in [2.75, 3.05) is 13.1 Å². The van der Waals surface area contributed by atoms with E-state index in [4.69, 9.17) is 28.0 Å². The van der Waals surface area contributed by atoms with Gasteiger partial charge >= 0.3 is 0 Å². The Balaban J connectivity index is 1.96. The largest absolute Gasteiger partial charge is 0.390 e. The van der Waals surface area contributed by atoms with Crippen LogP contribution in [0.2, 0.25) is 10.0 Å². The standard InChI is InChI=1S/C18H24Cl2N2O2/c1-5-22(17(23)10-18(2,3)4)11-13-9-16(21-24-13)12-6-7-14(19)15(20)8-12/h6-8,13H,5,9-11H2,1-4H3/t13-/m1/s1. The van der Waals surface area contributed by atoms with E-state index in [0.717, 1.165) is 11.3 Å². The SMILES string of the molecule is CCN(C[C@H]1CC(c2ccc(Cl)c(Cl)c2)=NO1)C(=O)CC(C)(C)C. The van der Waals surface area contributed by atoms with Gasteiger partial charge < -0.3 is 9.74 Å². The highest BCUT2D eigenvalue weighted by atomic mass is 35.5. The average Bonchev–Trinajstić information content (AvgIpc) is 2.94. The maximum absolute atomic E-state index is 12.4. The van der Waals surface area contributed by atoms with Crippen molar-refractivity contribution in [3.05, 3.63) is 33.8 Å². The molecule has 1 atom stereocenters. The lowest BCUT2D eigenvalue weighted by molar-refractivity contribution is -0.134. The Labute approximate surface area is 153 Å². The van der Waals surface area contributed by atoms with Crippen LogP contribution >= 0.6 is 23.2 Å². The lowest BCUT2D eigenvalue weighted by atomic mass is 9.91. The fourth-order valence-corrected chi connectivity index (χ4v) is 2.89. The molecule has 0 aromatic heterocycles. The minimum atomic E-state index is -0.127. The van der Waals surface area contributed by atoms with E-state index in [2.05, 4.69) is 25.9 Å². The van der Waals surface area contributed by atoms with Gasteiger partial charge in [-0.1, -0.05) is 55.2 Å². The van der Waals surface area contributed by atoms with Crippen molar-refractivity contribution in [3.63, 3.8) is 0 Å². The van der Waals surface area contributed by atoms with Gasteiger partial charge in [0.25, 0.3) is 0 Å². The number of hydrogen-bond donors (Lipinski definition) is 0. The zero-order valence-electron chi connectivity index (χ0n) is 14.6. The van der Waals surface area contributed by atoms with E-state index in [-0.39, 0.29) is 17.4 Å². The molecule has 0 aliphatic carbocycles. The Bertz CT molecular complexity index is 638. The van der Waals surface area contributed by atoms with Gasteiger partial charge in [-0.15, -0.1) is 0 Å². The third kappa shape index (κ3) is 5.12. The number of likely N-dealkylation sites (N-methyl/N-ethyl adjacent to an activating group) is 1. The van der Waals surface area contributed by atoms with E-state index in [0.29, 0.717) is 36.0 Å². The van der Waals surface area contributed by atoms with Crippen molar-refractivity contribution in [1.82, 2.24) is 4.90 Å². The van der Waals surface area contributed by atoms with Gasteiger partial charge in [0.1, 0.15) is 0 Å². The molecule has 0 bridgehead atoms. The number of oxime groups is 1. The Kier molecular flexibility index (Phi) is 6.16. The lowest BCUT2D eigenvalue weighted by Crippen LogP contribution is -2.39. The first-order valence-electron chi connectivity index (χ1n) is 8.15. The Morgan fingerprint density at radius 3 is 2.62 bits per heavy atom. The summed E-state index contributed by atoms with van der Waals surface area (Å²) < 4.78 is 0. The summed E-state index contributed by atoms with van der Waals surface area (Å²) in [5.74, 6) is 0.150. The number of rotatable bonds is 5. The van der Waals surface area contributed by atoms with E-state index < -0.39 is 0 Å². The predicted octanol–water partition coefficient (Wildman–Crippen LogP) is 4.77. The summed E-state index contributed by atoms with van der Waals surface area (Å²) in [5.41, 5.74) is 1.71. The van der Waals surface area contributed by atoms with Crippen molar-refractivity contribution in [2.45, 2.75) is 46.6 Å². The summed E-state index contributed by atoms with van der Waals surface area (Å²) in [6.45, 7) is 9.38. The number of carbonyl (C=O) groups is 1. The highest BCUT2D eigenvalue weighted by Crippen LogP contribution is 2.26. The Morgan fingerprint density at radius 2 is 2.04 bits per heavy atom. The van der Waals surface area contributed by atoms with Crippen LogP contribution < -0.4 is 0 Å². The maximum Gasteiger partial charge on any atom is 0.223 e. The molecule has 0 unspecified atom stereocenters. The second kappa shape index (κ2) is 7.75. The van der Waals surface area contributed by atoms with Gasteiger partial charge in [-0.3, -0.25) is 4.79 Å². The number of halogens is 2. The summed E-state index contributed by atoms with van der Waals surface area (Å²) >= 11 is 12.0. The van der Waals surface area contributed by atoms with E-state index in [1.54, 1.807) is 12.1 Å². The molecule has 0 spiro atoms. The second-order valence-electron chi connectivity index (χ2n) is 7.27. The fourth-order valence-electron chi connectivity index (χ4n) is 2.59. The van der Waals surface area contributed by atoms with Crippen molar-refractivity contribution < 1.29 is 9.63 Å². The summed E-state index contributed by atoms with van der Waals surface area (Å²) in [5, 5.41) is 5.17. The summed E-state index contributed by atoms with van der Waals surface area (Å²) in [4.78, 5) is 19.8. The summed E-state index contributed by atoms with van der Waals surface area (Å²) in [7, 11) is 0. The normalized spacial score (nSPS) is 17.4. The molecule has 0 saturated carbocycles. The highest BCUT2D eigenvalue weighted by Gasteiger charge is 2.28. The summed E-state index contributed by atoms with van der Waals surface area (Å²) in [6, 6.07) is 5.41. The molecular weight excluding hydrogens is 347 g/mol. The fraction of sp³-hybridized carbons (Fsp3) is 0.556. The Morgan fingerprint density at radius 1 is 1.33 bits per heavy atom. The number of amides is 1. The molecule has 6 heteroatoms. The van der Waals surface area contributed by atoms with Crippen LogP contribution in [0.15, 0.2) is 23.4 Å². The third-order valence-corrected chi connectivity index (χ3v) is 4.56. The van der Waals surface area contributed by atoms with Gasteiger partial charge in [-0.2, -0.15) is 0 Å². The van der Waals surface area contributed by atoms with E-state index in [9.17, 15) is 4.79 Å². The first kappa shape index (κ1) is 19.1. The van der Waals surface area contributed by atoms with Crippen LogP contribution in [-0.2, 0) is 9.63 Å². The van der Waals surface area contributed by atoms with Crippen LogP contribution in [-0.4, -0.2) is 35.7 Å². The van der Waals surface area contributed by atoms with Crippen molar-refractivity contribution in [2.24, 2.45) is 10.6 Å². The predicted molar refractivity (Wildman–Crippen MR) is 98.8 cm³/mol. The minimum Gasteiger partial charge on any atom is -0.390 e. The molecule has 0 radical (unpaired) electrons. The van der Waals surface area contributed by atoms with Crippen LogP contribution in [0, 0.1) is 5.41 Å². The second-order valence-corrected chi connectivity index (χ2v) is 8.08. The molecule has 24 heavy (non-hydrogen) atoms. The number of carbonyl (C=O) groups excluding carboxylic acids is 1. The molecule has 1 amide bonds. The maximum atomic E-state index is 12.4. The summed E-state index contributed by atoms with van der Waals surface area (Å²) in [6.07, 6.45) is 1.05. The molecule has 4 nitrogen and oxygen atoms in total. The van der Waals surface area contributed by atoms with Crippen molar-refractivity contribution in [1.29, 1.82) is 0 Å². The molecular formula is C18H24Cl2N2O2. The topological polar surface area (TPSA) is 41.9 Å².